The van der Waals surface area contributed by atoms with Crippen molar-refractivity contribution in [2.75, 3.05) is 0 Å². The van der Waals surface area contributed by atoms with Crippen molar-refractivity contribution in [1.82, 2.24) is 0 Å². The predicted octanol–water partition coefficient (Wildman–Crippen LogP) is 3.97. The second-order valence-corrected chi connectivity index (χ2v) is 5.47. The molecule has 0 aliphatic carbocycles. The topological polar surface area (TPSA) is 26.3 Å². The SMILES string of the molecule is O=S=COC(c1ccccc1)(c1ccccc1)c1ccccc1. The lowest BCUT2D eigenvalue weighted by Gasteiger charge is -2.33. The molecule has 0 radical (unpaired) electrons. The quantitative estimate of drug-likeness (QED) is 0.525. The highest BCUT2D eigenvalue weighted by atomic mass is 32.1. The summed E-state index contributed by atoms with van der Waals surface area (Å²) in [7, 11) is 0. The van der Waals surface area contributed by atoms with Gasteiger partial charge in [-0.1, -0.05) is 91.0 Å². The fourth-order valence-electron chi connectivity index (χ4n) is 2.81. The molecule has 114 valence electrons. The summed E-state index contributed by atoms with van der Waals surface area (Å²) in [4.78, 5) is 0. The van der Waals surface area contributed by atoms with Crippen molar-refractivity contribution in [2.45, 2.75) is 5.60 Å². The summed E-state index contributed by atoms with van der Waals surface area (Å²) >= 11 is 0.315. The van der Waals surface area contributed by atoms with E-state index in [2.05, 4.69) is 0 Å². The molecule has 0 atom stereocenters. The number of rotatable bonds is 5. The molecule has 0 saturated carbocycles. The smallest absolute Gasteiger partial charge is 0.150 e. The molecule has 3 aromatic rings. The fourth-order valence-corrected chi connectivity index (χ4v) is 3.00. The summed E-state index contributed by atoms with van der Waals surface area (Å²) in [6, 6.07) is 29.9. The van der Waals surface area contributed by atoms with Crippen LogP contribution < -0.4 is 0 Å². The molecule has 0 amide bonds. The van der Waals surface area contributed by atoms with E-state index in [0.29, 0.717) is 11.3 Å². The predicted molar refractivity (Wildman–Crippen MR) is 94.5 cm³/mol. The monoisotopic (exact) mass is 320 g/mol. The molecule has 0 aromatic heterocycles. The summed E-state index contributed by atoms with van der Waals surface area (Å²) in [5, 5.41) is 0. The lowest BCUT2D eigenvalue weighted by Crippen LogP contribution is -2.32. The maximum atomic E-state index is 11.0. The number of benzene rings is 3. The van der Waals surface area contributed by atoms with Crippen LogP contribution in [-0.4, -0.2) is 9.76 Å². The van der Waals surface area contributed by atoms with E-state index in [-0.39, 0.29) is 0 Å². The summed E-state index contributed by atoms with van der Waals surface area (Å²) in [6.07, 6.45) is 0. The lowest BCUT2D eigenvalue weighted by molar-refractivity contribution is 0.156. The molecular weight excluding hydrogens is 304 g/mol. The summed E-state index contributed by atoms with van der Waals surface area (Å²) in [5.41, 5.74) is 3.34. The molecule has 3 aromatic carbocycles. The van der Waals surface area contributed by atoms with Crippen LogP contribution in [0.5, 0.6) is 0 Å². The summed E-state index contributed by atoms with van der Waals surface area (Å²) in [5.74, 6) is 0. The number of hydrogen-bond donors (Lipinski definition) is 0. The molecule has 0 aliphatic heterocycles. The first-order valence-corrected chi connectivity index (χ1v) is 8.13. The first-order chi connectivity index (χ1) is 11.4. The van der Waals surface area contributed by atoms with E-state index < -0.39 is 5.60 Å². The lowest BCUT2D eigenvalue weighted by atomic mass is 9.80. The molecule has 3 heteroatoms. The molecule has 23 heavy (non-hydrogen) atoms. The van der Waals surface area contributed by atoms with E-state index in [1.807, 2.05) is 91.0 Å². The Kier molecular flexibility index (Phi) is 4.81. The third kappa shape index (κ3) is 3.02. The average Bonchev–Trinajstić information content (AvgIpc) is 2.65. The van der Waals surface area contributed by atoms with Crippen LogP contribution in [0.4, 0.5) is 0 Å². The summed E-state index contributed by atoms with van der Waals surface area (Å²) < 4.78 is 17.1. The van der Waals surface area contributed by atoms with Crippen molar-refractivity contribution >= 4 is 16.8 Å². The van der Waals surface area contributed by atoms with Gasteiger partial charge in [0.1, 0.15) is 16.8 Å². The number of ether oxygens (including phenoxy) is 1. The maximum absolute atomic E-state index is 11.0. The van der Waals surface area contributed by atoms with Gasteiger partial charge in [-0.2, -0.15) is 0 Å². The summed E-state index contributed by atoms with van der Waals surface area (Å²) in [6.45, 7) is 0. The Labute approximate surface area is 139 Å². The van der Waals surface area contributed by atoms with Gasteiger partial charge in [0.2, 0.25) is 0 Å². The highest BCUT2D eigenvalue weighted by Gasteiger charge is 2.37. The van der Waals surface area contributed by atoms with Crippen molar-refractivity contribution in [3.8, 4) is 0 Å². The van der Waals surface area contributed by atoms with Crippen molar-refractivity contribution in [3.63, 3.8) is 0 Å². The van der Waals surface area contributed by atoms with Crippen LogP contribution >= 0.6 is 0 Å². The minimum absolute atomic E-state index is 0.315. The zero-order valence-corrected chi connectivity index (χ0v) is 13.3. The Morgan fingerprint density at radius 1 is 0.652 bits per heavy atom. The van der Waals surface area contributed by atoms with Gasteiger partial charge >= 0.3 is 0 Å². The van der Waals surface area contributed by atoms with E-state index in [4.69, 9.17) is 4.74 Å². The average molecular weight is 320 g/mol. The van der Waals surface area contributed by atoms with E-state index in [0.717, 1.165) is 16.7 Å². The molecule has 0 N–H and O–H groups in total. The standard InChI is InChI=1S/C20H16O2S/c21-23-16-22-20(17-10-4-1-5-11-17,18-12-6-2-7-13-18)19-14-8-3-9-15-19/h1-16H. The molecule has 2 nitrogen and oxygen atoms in total. The van der Waals surface area contributed by atoms with Crippen LogP contribution in [0.25, 0.3) is 0 Å². The molecule has 0 spiro atoms. The van der Waals surface area contributed by atoms with Crippen LogP contribution in [0.2, 0.25) is 0 Å². The molecule has 0 bridgehead atoms. The van der Waals surface area contributed by atoms with Crippen molar-refractivity contribution in [2.24, 2.45) is 0 Å². The third-order valence-electron chi connectivity index (χ3n) is 3.81. The second-order valence-electron chi connectivity index (χ2n) is 5.09. The molecule has 0 unspecified atom stereocenters. The highest BCUT2D eigenvalue weighted by Crippen LogP contribution is 2.39. The first-order valence-electron chi connectivity index (χ1n) is 7.32. The first kappa shape index (κ1) is 15.4. The Bertz CT molecular complexity index is 698. The minimum atomic E-state index is -0.846. The van der Waals surface area contributed by atoms with Crippen LogP contribution in [0.15, 0.2) is 91.0 Å². The van der Waals surface area contributed by atoms with Gasteiger partial charge in [-0.25, -0.2) is 4.21 Å². The van der Waals surface area contributed by atoms with E-state index in [1.54, 1.807) is 0 Å². The molecule has 0 fully saturated rings. The zero-order chi connectivity index (χ0) is 16.0. The normalized spacial score (nSPS) is 11.0. The van der Waals surface area contributed by atoms with Crippen molar-refractivity contribution in [1.29, 1.82) is 0 Å². The van der Waals surface area contributed by atoms with E-state index in [9.17, 15) is 4.21 Å². The molecule has 3 rings (SSSR count). The van der Waals surface area contributed by atoms with Gasteiger partial charge in [-0.3, -0.25) is 0 Å². The zero-order valence-electron chi connectivity index (χ0n) is 12.5. The molecule has 0 heterocycles. The van der Waals surface area contributed by atoms with Crippen molar-refractivity contribution < 1.29 is 8.95 Å². The fraction of sp³-hybridized carbons (Fsp3) is 0.0500. The van der Waals surface area contributed by atoms with E-state index in [1.165, 1.54) is 5.55 Å². The highest BCUT2D eigenvalue weighted by molar-refractivity contribution is 7.64. The van der Waals surface area contributed by atoms with Crippen LogP contribution in [-0.2, 0) is 21.6 Å². The Balaban J connectivity index is 2.32. The van der Waals surface area contributed by atoms with Gasteiger partial charge in [0.15, 0.2) is 5.60 Å². The Morgan fingerprint density at radius 3 is 1.30 bits per heavy atom. The largest absolute Gasteiger partial charge is 0.319 e. The molecular formula is C20H16O2S. The van der Waals surface area contributed by atoms with Gasteiger partial charge in [0.05, 0.1) is 0 Å². The number of hydrogen-bond acceptors (Lipinski definition) is 2. The minimum Gasteiger partial charge on any atom is -0.319 e. The van der Waals surface area contributed by atoms with Gasteiger partial charge in [-0.15, -0.1) is 0 Å². The van der Waals surface area contributed by atoms with Gasteiger partial charge < -0.3 is 4.74 Å². The Morgan fingerprint density at radius 2 is 1.00 bits per heavy atom. The van der Waals surface area contributed by atoms with Crippen LogP contribution in [0.1, 0.15) is 16.7 Å². The van der Waals surface area contributed by atoms with Crippen LogP contribution in [0.3, 0.4) is 0 Å². The second kappa shape index (κ2) is 7.18. The van der Waals surface area contributed by atoms with Gasteiger partial charge in [-0.05, 0) is 16.7 Å². The van der Waals surface area contributed by atoms with Crippen LogP contribution in [0, 0.1) is 0 Å². The van der Waals surface area contributed by atoms with E-state index >= 15 is 0 Å². The Hall–Kier alpha value is -2.49. The maximum Gasteiger partial charge on any atom is 0.150 e. The third-order valence-corrected chi connectivity index (χ3v) is 3.98. The molecule has 0 aliphatic rings. The molecule has 0 saturated heterocycles. The van der Waals surface area contributed by atoms with Crippen molar-refractivity contribution in [3.05, 3.63) is 108 Å². The van der Waals surface area contributed by atoms with Gasteiger partial charge in [0.25, 0.3) is 0 Å². The van der Waals surface area contributed by atoms with Gasteiger partial charge in [0, 0.05) is 0 Å².